The Morgan fingerprint density at radius 2 is 1.68 bits per heavy atom. The number of Topliss-reactive ketones (excluding diaryl/α,β-unsaturated/α-hetero) is 1. The Bertz CT molecular complexity index is 1540. The lowest BCUT2D eigenvalue weighted by Gasteiger charge is -2.39. The van der Waals surface area contributed by atoms with Crippen LogP contribution in [0, 0.1) is 0 Å². The van der Waals surface area contributed by atoms with Crippen LogP contribution in [0.15, 0.2) is 48.5 Å². The van der Waals surface area contributed by atoms with E-state index in [1.165, 1.54) is 44.4 Å². The number of carbonyl (C=O) groups is 2. The number of rotatable bonds is 3. The molecule has 0 amide bonds. The molecule has 3 aromatic carbocycles. The first-order valence-corrected chi connectivity index (χ1v) is 12.9. The highest BCUT2D eigenvalue weighted by molar-refractivity contribution is 6.08. The first kappa shape index (κ1) is 27.7. The predicted molar refractivity (Wildman–Crippen MR) is 148 cm³/mol. The number of methoxy groups -OCH3 is 2. The smallest absolute Gasteiger partial charge is 0.308 e. The van der Waals surface area contributed by atoms with Gasteiger partial charge in [-0.25, -0.2) is 0 Å². The molecule has 0 radical (unpaired) electrons. The van der Waals surface area contributed by atoms with E-state index in [9.17, 15) is 14.7 Å². The molecule has 3 aromatic rings. The molecule has 3 aliphatic rings. The maximum atomic E-state index is 13.6. The summed E-state index contributed by atoms with van der Waals surface area (Å²) in [7, 11) is 3.07. The molecule has 0 spiro atoms. The van der Waals surface area contributed by atoms with E-state index in [0.717, 1.165) is 0 Å². The Hall–Kier alpha value is -4.86. The number of carbonyl (C=O) groups excluding carboxylic acids is 2. The van der Waals surface area contributed by atoms with Crippen LogP contribution in [0.4, 0.5) is 0 Å². The van der Waals surface area contributed by atoms with E-state index in [4.69, 9.17) is 33.5 Å². The number of hydrogen-bond donors (Lipinski definition) is 2. The standard InChI is InChI=1S/C23H22O7.C8H8O3/c1-23(2)6-5-11-15(30-23)8-13(24)20-21(25)19-12-7-16(26-3)17(27-4)9-14(12)28-10-18(19)29-22(11)20;1-6(9)11-8-4-2-7(10)3-5-8/h5-9,18-19,24H,10H2,1-4H3;2-5,10H,1H3. The van der Waals surface area contributed by atoms with E-state index in [0.29, 0.717) is 45.6 Å². The summed E-state index contributed by atoms with van der Waals surface area (Å²) in [5, 5.41) is 19.5. The van der Waals surface area contributed by atoms with E-state index < -0.39 is 17.6 Å². The Morgan fingerprint density at radius 1 is 1.00 bits per heavy atom. The molecule has 214 valence electrons. The van der Waals surface area contributed by atoms with Gasteiger partial charge >= 0.3 is 5.97 Å². The topological polar surface area (TPSA) is 130 Å². The fourth-order valence-corrected chi connectivity index (χ4v) is 4.95. The Kier molecular flexibility index (Phi) is 7.17. The predicted octanol–water partition coefficient (Wildman–Crippen LogP) is 5.03. The second kappa shape index (κ2) is 10.6. The van der Waals surface area contributed by atoms with E-state index >= 15 is 0 Å². The van der Waals surface area contributed by atoms with Crippen LogP contribution < -0.4 is 28.4 Å². The van der Waals surface area contributed by atoms with Crippen molar-refractivity contribution in [1.29, 1.82) is 0 Å². The maximum Gasteiger partial charge on any atom is 0.308 e. The van der Waals surface area contributed by atoms with Crippen LogP contribution in [0.1, 0.15) is 48.2 Å². The van der Waals surface area contributed by atoms with Gasteiger partial charge in [0, 0.05) is 24.6 Å². The minimum atomic E-state index is -0.630. The first-order chi connectivity index (χ1) is 19.5. The summed E-state index contributed by atoms with van der Waals surface area (Å²) in [6, 6.07) is 10.9. The normalized spacial score (nSPS) is 18.8. The van der Waals surface area contributed by atoms with Crippen molar-refractivity contribution in [3.05, 3.63) is 65.2 Å². The lowest BCUT2D eigenvalue weighted by Crippen LogP contribution is -2.43. The number of fused-ring (bicyclic) bond motifs is 6. The minimum Gasteiger partial charge on any atom is -0.508 e. The van der Waals surface area contributed by atoms with Gasteiger partial charge in [0.05, 0.1) is 25.7 Å². The zero-order chi connectivity index (χ0) is 29.5. The summed E-state index contributed by atoms with van der Waals surface area (Å²) < 4.78 is 33.5. The third kappa shape index (κ3) is 5.32. The fourth-order valence-electron chi connectivity index (χ4n) is 4.95. The molecule has 0 saturated carbocycles. The van der Waals surface area contributed by atoms with Crippen molar-refractivity contribution in [2.75, 3.05) is 20.8 Å². The monoisotopic (exact) mass is 562 g/mol. The van der Waals surface area contributed by atoms with Crippen LogP contribution in [-0.4, -0.2) is 54.5 Å². The number of aromatic hydroxyl groups is 2. The largest absolute Gasteiger partial charge is 0.508 e. The Labute approximate surface area is 236 Å². The summed E-state index contributed by atoms with van der Waals surface area (Å²) >= 11 is 0. The summed E-state index contributed by atoms with van der Waals surface area (Å²) in [4.78, 5) is 24.0. The van der Waals surface area contributed by atoms with E-state index in [1.807, 2.05) is 26.0 Å². The van der Waals surface area contributed by atoms with Gasteiger partial charge in [-0.15, -0.1) is 0 Å². The minimum absolute atomic E-state index is 0.154. The summed E-state index contributed by atoms with van der Waals surface area (Å²) in [6.07, 6.45) is 3.23. The van der Waals surface area contributed by atoms with Crippen LogP contribution in [0.5, 0.6) is 46.0 Å². The molecule has 0 fully saturated rings. The van der Waals surface area contributed by atoms with Gasteiger partial charge in [-0.05, 0) is 56.3 Å². The summed E-state index contributed by atoms with van der Waals surface area (Å²) in [5.74, 6) is 1.57. The highest BCUT2D eigenvalue weighted by Crippen LogP contribution is 2.52. The van der Waals surface area contributed by atoms with E-state index in [2.05, 4.69) is 0 Å². The van der Waals surface area contributed by atoms with Crippen molar-refractivity contribution >= 4 is 17.8 Å². The van der Waals surface area contributed by atoms with Crippen molar-refractivity contribution in [3.63, 3.8) is 0 Å². The van der Waals surface area contributed by atoms with Crippen LogP contribution in [0.2, 0.25) is 0 Å². The van der Waals surface area contributed by atoms with Crippen molar-refractivity contribution in [2.24, 2.45) is 0 Å². The molecular weight excluding hydrogens is 532 g/mol. The average molecular weight is 563 g/mol. The van der Waals surface area contributed by atoms with Gasteiger partial charge in [0.2, 0.25) is 0 Å². The van der Waals surface area contributed by atoms with E-state index in [-0.39, 0.29) is 35.4 Å². The van der Waals surface area contributed by atoms with E-state index in [1.54, 1.807) is 19.2 Å². The molecule has 3 aliphatic heterocycles. The first-order valence-electron chi connectivity index (χ1n) is 12.9. The molecule has 0 saturated heterocycles. The molecule has 2 N–H and O–H groups in total. The molecule has 6 rings (SSSR count). The zero-order valence-electron chi connectivity index (χ0n) is 23.2. The van der Waals surface area contributed by atoms with Crippen molar-refractivity contribution < 1.29 is 48.2 Å². The molecule has 2 unspecified atom stereocenters. The lowest BCUT2D eigenvalue weighted by molar-refractivity contribution is -0.131. The number of ketones is 1. The van der Waals surface area contributed by atoms with Crippen LogP contribution in [0.25, 0.3) is 6.08 Å². The lowest BCUT2D eigenvalue weighted by atomic mass is 9.80. The molecule has 0 bridgehead atoms. The number of ether oxygens (including phenoxy) is 6. The zero-order valence-corrected chi connectivity index (χ0v) is 23.2. The third-order valence-electron chi connectivity index (χ3n) is 6.81. The number of benzene rings is 3. The second-order valence-electron chi connectivity index (χ2n) is 10.2. The highest BCUT2D eigenvalue weighted by atomic mass is 16.5. The van der Waals surface area contributed by atoms with Crippen molar-refractivity contribution in [2.45, 2.75) is 38.4 Å². The van der Waals surface area contributed by atoms with Crippen molar-refractivity contribution in [1.82, 2.24) is 0 Å². The van der Waals surface area contributed by atoms with Gasteiger partial charge in [0.25, 0.3) is 0 Å². The molecule has 3 heterocycles. The van der Waals surface area contributed by atoms with Crippen LogP contribution in [-0.2, 0) is 4.79 Å². The van der Waals surface area contributed by atoms with Gasteiger partial charge < -0.3 is 38.6 Å². The van der Waals surface area contributed by atoms with Crippen LogP contribution >= 0.6 is 0 Å². The second-order valence-corrected chi connectivity index (χ2v) is 10.2. The molecule has 10 nitrogen and oxygen atoms in total. The third-order valence-corrected chi connectivity index (χ3v) is 6.81. The molecule has 10 heteroatoms. The van der Waals surface area contributed by atoms with Crippen molar-refractivity contribution in [3.8, 4) is 46.0 Å². The number of phenols is 2. The van der Waals surface area contributed by atoms with Gasteiger partial charge in [-0.1, -0.05) is 0 Å². The SMILES string of the molecule is CC(=O)Oc1ccc(O)cc1.COc1cc2c(cc1OC)C1C(=O)c3c(O)cc4c(c3OC1CO2)C=CC(C)(C)O4. The molecule has 2 atom stereocenters. The molecule has 0 aromatic heterocycles. The number of phenolic OH excluding ortho intramolecular Hbond substituents is 2. The van der Waals surface area contributed by atoms with Gasteiger partial charge in [0.15, 0.2) is 17.3 Å². The molecular formula is C31H30O10. The Morgan fingerprint density at radius 3 is 2.34 bits per heavy atom. The fraction of sp³-hybridized carbons (Fsp3) is 0.290. The maximum absolute atomic E-state index is 13.6. The number of hydrogen-bond acceptors (Lipinski definition) is 10. The summed E-state index contributed by atoms with van der Waals surface area (Å²) in [6.45, 7) is 5.35. The molecule has 0 aliphatic carbocycles. The highest BCUT2D eigenvalue weighted by Gasteiger charge is 2.46. The average Bonchev–Trinajstić information content (AvgIpc) is 2.92. The number of esters is 1. The van der Waals surface area contributed by atoms with Gasteiger partial charge in [0.1, 0.15) is 58.4 Å². The quantitative estimate of drug-likeness (QED) is 0.331. The summed E-state index contributed by atoms with van der Waals surface area (Å²) in [5.41, 5.74) is 0.930. The van der Waals surface area contributed by atoms with Gasteiger partial charge in [-0.2, -0.15) is 0 Å². The Balaban J connectivity index is 0.000000259. The van der Waals surface area contributed by atoms with Gasteiger partial charge in [-0.3, -0.25) is 9.59 Å². The van der Waals surface area contributed by atoms with Crippen LogP contribution in [0.3, 0.4) is 0 Å². The molecule has 41 heavy (non-hydrogen) atoms.